The molecule has 1 unspecified atom stereocenters. The van der Waals surface area contributed by atoms with Gasteiger partial charge in [0.05, 0.1) is 5.25 Å². The van der Waals surface area contributed by atoms with Crippen molar-refractivity contribution in [3.05, 3.63) is 0 Å². The Morgan fingerprint density at radius 1 is 1.50 bits per heavy atom. The molecule has 60 valence electrons. The normalized spacial score (nSPS) is 22.6. The van der Waals surface area contributed by atoms with Gasteiger partial charge in [0.2, 0.25) is 10.0 Å². The van der Waals surface area contributed by atoms with Crippen LogP contribution in [-0.4, -0.2) is 31.1 Å². The Labute approximate surface area is 62.1 Å². The van der Waals surface area contributed by atoms with Gasteiger partial charge in [0.15, 0.2) is 0 Å². The summed E-state index contributed by atoms with van der Waals surface area (Å²) < 4.78 is 24.0. The molecule has 1 aliphatic heterocycles. The highest BCUT2D eigenvalue weighted by molar-refractivity contribution is 7.89. The van der Waals surface area contributed by atoms with E-state index in [1.807, 2.05) is 6.92 Å². The van der Waals surface area contributed by atoms with Crippen LogP contribution < -0.4 is 0 Å². The van der Waals surface area contributed by atoms with Gasteiger partial charge < -0.3 is 0 Å². The predicted octanol–water partition coefficient (Wildman–Crippen LogP) is 0.430. The van der Waals surface area contributed by atoms with Crippen LogP contribution in [0.2, 0.25) is 0 Å². The number of sulfonamides is 1. The molecule has 1 rings (SSSR count). The highest BCUT2D eigenvalue weighted by Gasteiger charge is 2.34. The molecule has 1 heterocycles. The van der Waals surface area contributed by atoms with Crippen molar-refractivity contribution in [1.29, 1.82) is 0 Å². The molecule has 0 bridgehead atoms. The Balaban J connectivity index is 2.67. The standard InChI is InChI=1S/C6H13NO2S/c1-3-6(2)10(8,9)7-4-5-7/h6H,3-5H2,1-2H3. The summed E-state index contributed by atoms with van der Waals surface area (Å²) in [5, 5.41) is -0.199. The van der Waals surface area contributed by atoms with E-state index in [4.69, 9.17) is 0 Å². The summed E-state index contributed by atoms with van der Waals surface area (Å²) in [6.07, 6.45) is 0.707. The van der Waals surface area contributed by atoms with Crippen molar-refractivity contribution in [2.24, 2.45) is 0 Å². The molecule has 0 aliphatic carbocycles. The highest BCUT2D eigenvalue weighted by atomic mass is 32.2. The fraction of sp³-hybridized carbons (Fsp3) is 1.00. The summed E-state index contributed by atoms with van der Waals surface area (Å²) in [7, 11) is -2.88. The van der Waals surface area contributed by atoms with Crippen LogP contribution in [0, 0.1) is 0 Å². The molecule has 0 aromatic heterocycles. The van der Waals surface area contributed by atoms with Crippen LogP contribution in [-0.2, 0) is 10.0 Å². The average Bonchev–Trinajstić information content (AvgIpc) is 2.66. The molecule has 0 saturated carbocycles. The van der Waals surface area contributed by atoms with E-state index in [2.05, 4.69) is 0 Å². The average molecular weight is 163 g/mol. The number of hydrogen-bond donors (Lipinski definition) is 0. The minimum Gasteiger partial charge on any atom is -0.212 e. The Morgan fingerprint density at radius 2 is 2.00 bits per heavy atom. The SMILES string of the molecule is CCC(C)S(=O)(=O)N1CC1. The number of hydrogen-bond acceptors (Lipinski definition) is 2. The zero-order valence-corrected chi connectivity index (χ0v) is 7.19. The lowest BCUT2D eigenvalue weighted by Gasteiger charge is -2.09. The van der Waals surface area contributed by atoms with Crippen LogP contribution in [0.3, 0.4) is 0 Å². The molecule has 0 aromatic rings. The smallest absolute Gasteiger partial charge is 0.212 e. The first-order valence-corrected chi connectivity index (χ1v) is 5.08. The number of nitrogens with zero attached hydrogens (tertiary/aromatic N) is 1. The fourth-order valence-electron chi connectivity index (χ4n) is 0.760. The molecule has 0 N–H and O–H groups in total. The van der Waals surface area contributed by atoms with Crippen molar-refractivity contribution in [3.8, 4) is 0 Å². The Kier molecular flexibility index (Phi) is 2.01. The Bertz CT molecular complexity index is 206. The molecule has 1 atom stereocenters. The maximum Gasteiger partial charge on any atom is 0.216 e. The van der Waals surface area contributed by atoms with Crippen molar-refractivity contribution < 1.29 is 8.42 Å². The van der Waals surface area contributed by atoms with E-state index in [0.717, 1.165) is 13.1 Å². The van der Waals surface area contributed by atoms with E-state index in [1.165, 1.54) is 4.31 Å². The molecule has 3 nitrogen and oxygen atoms in total. The molecule has 10 heavy (non-hydrogen) atoms. The van der Waals surface area contributed by atoms with Gasteiger partial charge in [-0.1, -0.05) is 6.92 Å². The maximum atomic E-state index is 11.2. The second-order valence-corrected chi connectivity index (χ2v) is 5.01. The first-order chi connectivity index (χ1) is 4.59. The maximum absolute atomic E-state index is 11.2. The van der Waals surface area contributed by atoms with E-state index in [9.17, 15) is 8.42 Å². The van der Waals surface area contributed by atoms with E-state index in [1.54, 1.807) is 6.92 Å². The molecule has 0 radical (unpaired) electrons. The molecule has 0 spiro atoms. The molecule has 0 amide bonds. The van der Waals surface area contributed by atoms with Gasteiger partial charge in [0, 0.05) is 13.1 Å². The highest BCUT2D eigenvalue weighted by Crippen LogP contribution is 2.18. The van der Waals surface area contributed by atoms with Gasteiger partial charge in [-0.25, -0.2) is 8.42 Å². The topological polar surface area (TPSA) is 37.1 Å². The lowest BCUT2D eigenvalue weighted by molar-refractivity contribution is 0.547. The Hall–Kier alpha value is -0.0900. The summed E-state index contributed by atoms with van der Waals surface area (Å²) in [5.41, 5.74) is 0. The van der Waals surface area contributed by atoms with Gasteiger partial charge in [-0.05, 0) is 13.3 Å². The zero-order chi connectivity index (χ0) is 7.78. The molecule has 1 saturated heterocycles. The van der Waals surface area contributed by atoms with Crippen molar-refractivity contribution in [2.45, 2.75) is 25.5 Å². The summed E-state index contributed by atoms with van der Waals surface area (Å²) in [5.74, 6) is 0. The molecular weight excluding hydrogens is 150 g/mol. The van der Waals surface area contributed by atoms with E-state index in [0.29, 0.717) is 6.42 Å². The predicted molar refractivity (Wildman–Crippen MR) is 40.2 cm³/mol. The first kappa shape index (κ1) is 8.01. The van der Waals surface area contributed by atoms with Crippen LogP contribution >= 0.6 is 0 Å². The van der Waals surface area contributed by atoms with Crippen LogP contribution in [0.25, 0.3) is 0 Å². The van der Waals surface area contributed by atoms with Gasteiger partial charge >= 0.3 is 0 Å². The minimum absolute atomic E-state index is 0.199. The van der Waals surface area contributed by atoms with E-state index in [-0.39, 0.29) is 5.25 Å². The van der Waals surface area contributed by atoms with E-state index >= 15 is 0 Å². The van der Waals surface area contributed by atoms with E-state index < -0.39 is 10.0 Å². The third-order valence-electron chi connectivity index (χ3n) is 1.85. The third kappa shape index (κ3) is 1.32. The van der Waals surface area contributed by atoms with Crippen molar-refractivity contribution in [1.82, 2.24) is 4.31 Å². The van der Waals surface area contributed by atoms with Crippen molar-refractivity contribution in [3.63, 3.8) is 0 Å². The largest absolute Gasteiger partial charge is 0.216 e. The van der Waals surface area contributed by atoms with Crippen molar-refractivity contribution >= 4 is 10.0 Å². The quantitative estimate of drug-likeness (QED) is 0.566. The summed E-state index contributed by atoms with van der Waals surface area (Å²) in [6, 6.07) is 0. The van der Waals surface area contributed by atoms with Crippen LogP contribution in [0.15, 0.2) is 0 Å². The lowest BCUT2D eigenvalue weighted by atomic mass is 10.4. The third-order valence-corrected chi connectivity index (χ3v) is 4.28. The number of rotatable bonds is 3. The summed E-state index contributed by atoms with van der Waals surface area (Å²) >= 11 is 0. The van der Waals surface area contributed by atoms with Crippen molar-refractivity contribution in [2.75, 3.05) is 13.1 Å². The van der Waals surface area contributed by atoms with Crippen LogP contribution in [0.5, 0.6) is 0 Å². The second kappa shape index (κ2) is 2.51. The summed E-state index contributed by atoms with van der Waals surface area (Å²) in [4.78, 5) is 0. The fourth-order valence-corrected chi connectivity index (χ4v) is 2.28. The van der Waals surface area contributed by atoms with Gasteiger partial charge in [-0.15, -0.1) is 0 Å². The lowest BCUT2D eigenvalue weighted by Crippen LogP contribution is -2.23. The van der Waals surface area contributed by atoms with Crippen LogP contribution in [0.1, 0.15) is 20.3 Å². The molecule has 1 aliphatic rings. The molecular formula is C6H13NO2S. The van der Waals surface area contributed by atoms with Gasteiger partial charge in [0.1, 0.15) is 0 Å². The minimum atomic E-state index is -2.88. The van der Waals surface area contributed by atoms with Gasteiger partial charge in [-0.3, -0.25) is 0 Å². The van der Waals surface area contributed by atoms with Crippen LogP contribution in [0.4, 0.5) is 0 Å². The molecule has 1 fully saturated rings. The zero-order valence-electron chi connectivity index (χ0n) is 6.37. The summed E-state index contributed by atoms with van der Waals surface area (Å²) in [6.45, 7) is 5.11. The molecule has 4 heteroatoms. The monoisotopic (exact) mass is 163 g/mol. The first-order valence-electron chi connectivity index (χ1n) is 3.58. The Morgan fingerprint density at radius 3 is 2.30 bits per heavy atom. The molecule has 0 aromatic carbocycles. The second-order valence-electron chi connectivity index (χ2n) is 2.66. The van der Waals surface area contributed by atoms with Gasteiger partial charge in [0.25, 0.3) is 0 Å². The van der Waals surface area contributed by atoms with Gasteiger partial charge in [-0.2, -0.15) is 4.31 Å².